The highest BCUT2D eigenvalue weighted by Gasteiger charge is 2.23. The number of likely N-dealkylation sites (N-methyl/N-ethyl adjacent to an activating group) is 1. The third kappa shape index (κ3) is 7.97. The molecule has 0 radical (unpaired) electrons. The zero-order valence-electron chi connectivity index (χ0n) is 25.9. The van der Waals surface area contributed by atoms with Gasteiger partial charge in [0.15, 0.2) is 11.4 Å². The van der Waals surface area contributed by atoms with Gasteiger partial charge in [-0.2, -0.15) is 19.6 Å². The van der Waals surface area contributed by atoms with Crippen LogP contribution in [0.5, 0.6) is 0 Å². The molecule has 2 aromatic heterocycles. The summed E-state index contributed by atoms with van der Waals surface area (Å²) in [7, 11) is 3.89. The zero-order chi connectivity index (χ0) is 31.1. The lowest BCUT2D eigenvalue weighted by molar-refractivity contribution is -0.120. The Morgan fingerprint density at radius 3 is 2.70 bits per heavy atom. The average Bonchev–Trinajstić information content (AvgIpc) is 3.45. The largest absolute Gasteiger partial charge is 0.381 e. The third-order valence-electron chi connectivity index (χ3n) is 7.62. The summed E-state index contributed by atoms with van der Waals surface area (Å²) in [5.74, 6) is 0.914. The zero-order valence-corrected chi connectivity index (χ0v) is 25.9. The first-order valence-corrected chi connectivity index (χ1v) is 15.2. The maximum Gasteiger partial charge on any atom is 0.243 e. The van der Waals surface area contributed by atoms with Crippen LogP contribution in [-0.4, -0.2) is 102 Å². The van der Waals surface area contributed by atoms with E-state index in [-0.39, 0.29) is 30.2 Å². The second-order valence-corrected chi connectivity index (χ2v) is 11.7. The van der Waals surface area contributed by atoms with E-state index in [1.54, 1.807) is 22.7 Å². The summed E-state index contributed by atoms with van der Waals surface area (Å²) < 4.78 is 12.7. The number of ether oxygens (including phenoxy) is 2. The fraction of sp³-hybridized carbons (Fsp3) is 0.516. The number of fused-ring (bicyclic) bond motifs is 1. The van der Waals surface area contributed by atoms with E-state index in [0.717, 1.165) is 24.1 Å². The Bertz CT molecular complexity index is 1470. The number of benzene rings is 1. The van der Waals surface area contributed by atoms with Crippen molar-refractivity contribution in [2.45, 2.75) is 51.2 Å². The molecular formula is C31H43N9O4. The number of hydrogen-bond acceptors (Lipinski definition) is 11. The molecular weight excluding hydrogens is 562 g/mol. The molecule has 2 aliphatic heterocycles. The van der Waals surface area contributed by atoms with Gasteiger partial charge in [0.05, 0.1) is 19.4 Å². The Kier molecular flexibility index (Phi) is 10.5. The van der Waals surface area contributed by atoms with E-state index in [1.807, 2.05) is 37.3 Å². The Labute approximate surface area is 257 Å². The second kappa shape index (κ2) is 14.7. The summed E-state index contributed by atoms with van der Waals surface area (Å²) in [5, 5.41) is 17.6. The fourth-order valence-corrected chi connectivity index (χ4v) is 5.16. The SMILES string of the molecule is CC(C)c1cnn2c(NCc3cc(NC(=O)C4COCCN4)ccc3C(=O)/C=C/CN(C)C)nc(NC3CCOCC3)nc12. The molecule has 13 nitrogen and oxygen atoms in total. The summed E-state index contributed by atoms with van der Waals surface area (Å²) >= 11 is 0. The molecule has 1 amide bonds. The van der Waals surface area contributed by atoms with Crippen LogP contribution in [0.15, 0.2) is 36.5 Å². The Morgan fingerprint density at radius 2 is 1.98 bits per heavy atom. The van der Waals surface area contributed by atoms with Crippen LogP contribution in [0.25, 0.3) is 5.65 Å². The van der Waals surface area contributed by atoms with E-state index >= 15 is 0 Å². The number of ketones is 1. The number of nitrogens with zero attached hydrogens (tertiary/aromatic N) is 5. The quantitative estimate of drug-likeness (QED) is 0.178. The maximum atomic E-state index is 13.3. The van der Waals surface area contributed by atoms with Crippen molar-refractivity contribution in [3.8, 4) is 0 Å². The van der Waals surface area contributed by atoms with Crippen molar-refractivity contribution in [2.75, 3.05) is 69.6 Å². The number of allylic oxidation sites excluding steroid dienone is 1. The monoisotopic (exact) mass is 605 g/mol. The normalized spacial score (nSPS) is 17.9. The Hall–Kier alpha value is -3.91. The second-order valence-electron chi connectivity index (χ2n) is 11.7. The van der Waals surface area contributed by atoms with Crippen molar-refractivity contribution in [1.82, 2.24) is 29.8 Å². The van der Waals surface area contributed by atoms with Crippen molar-refractivity contribution >= 4 is 34.9 Å². The molecule has 4 heterocycles. The third-order valence-corrected chi connectivity index (χ3v) is 7.62. The van der Waals surface area contributed by atoms with Crippen LogP contribution in [0.3, 0.4) is 0 Å². The molecule has 1 aromatic carbocycles. The van der Waals surface area contributed by atoms with Gasteiger partial charge in [0.1, 0.15) is 6.04 Å². The summed E-state index contributed by atoms with van der Waals surface area (Å²) in [5.41, 5.74) is 3.55. The molecule has 13 heteroatoms. The molecule has 3 aromatic rings. The highest BCUT2D eigenvalue weighted by atomic mass is 16.5. The number of nitrogens with one attached hydrogen (secondary N) is 4. The van der Waals surface area contributed by atoms with Gasteiger partial charge in [0.2, 0.25) is 17.8 Å². The first-order valence-electron chi connectivity index (χ1n) is 15.2. The number of rotatable bonds is 12. The van der Waals surface area contributed by atoms with Gasteiger partial charge in [-0.3, -0.25) is 9.59 Å². The smallest absolute Gasteiger partial charge is 0.243 e. The number of morpholine rings is 1. The van der Waals surface area contributed by atoms with Crippen molar-refractivity contribution in [3.05, 3.63) is 53.2 Å². The number of aromatic nitrogens is 4. The minimum Gasteiger partial charge on any atom is -0.381 e. The molecule has 0 aliphatic carbocycles. The number of hydrogen-bond donors (Lipinski definition) is 4. The maximum absolute atomic E-state index is 13.3. The summed E-state index contributed by atoms with van der Waals surface area (Å²) in [6.45, 7) is 8.02. The van der Waals surface area contributed by atoms with E-state index in [2.05, 4.69) is 40.2 Å². The number of anilines is 3. The topological polar surface area (TPSA) is 147 Å². The molecule has 1 atom stereocenters. The van der Waals surface area contributed by atoms with Crippen LogP contribution < -0.4 is 21.3 Å². The molecule has 2 fully saturated rings. The molecule has 1 unspecified atom stereocenters. The van der Waals surface area contributed by atoms with E-state index < -0.39 is 6.04 Å². The lowest BCUT2D eigenvalue weighted by Crippen LogP contribution is -2.48. The predicted molar refractivity (Wildman–Crippen MR) is 169 cm³/mol. The van der Waals surface area contributed by atoms with E-state index in [0.29, 0.717) is 68.2 Å². The lowest BCUT2D eigenvalue weighted by atomic mass is 10.0. The molecule has 4 N–H and O–H groups in total. The molecule has 236 valence electrons. The molecule has 2 aliphatic rings. The van der Waals surface area contributed by atoms with Gasteiger partial charge in [-0.25, -0.2) is 0 Å². The van der Waals surface area contributed by atoms with Crippen LogP contribution in [0.2, 0.25) is 0 Å². The molecule has 0 bridgehead atoms. The fourth-order valence-electron chi connectivity index (χ4n) is 5.16. The Morgan fingerprint density at radius 1 is 1.16 bits per heavy atom. The standard InChI is InChI=1S/C31H43N9O4/c1-20(2)25-18-34-40-28(25)37-30(36-22-9-13-43-14-10-22)38-31(40)33-17-21-16-23(35-29(42)26-19-44-15-11-32-26)7-8-24(21)27(41)6-5-12-39(3)4/h5-8,16,18,20,22,26,32H,9-15,17,19H2,1-4H3,(H,35,42)(H2,33,36,37,38)/b6-5+. The van der Waals surface area contributed by atoms with Gasteiger partial charge in [-0.05, 0) is 62.7 Å². The van der Waals surface area contributed by atoms with Crippen molar-refractivity contribution in [3.63, 3.8) is 0 Å². The molecule has 44 heavy (non-hydrogen) atoms. The van der Waals surface area contributed by atoms with Crippen LogP contribution in [-0.2, 0) is 20.8 Å². The van der Waals surface area contributed by atoms with E-state index in [9.17, 15) is 9.59 Å². The molecule has 0 spiro atoms. The van der Waals surface area contributed by atoms with Crippen LogP contribution in [0.1, 0.15) is 54.1 Å². The first-order chi connectivity index (χ1) is 21.3. The van der Waals surface area contributed by atoms with Gasteiger partial charge in [0.25, 0.3) is 0 Å². The first kappa shape index (κ1) is 31.5. The summed E-state index contributed by atoms with van der Waals surface area (Å²) in [6, 6.07) is 5.10. The predicted octanol–water partition coefficient (Wildman–Crippen LogP) is 2.68. The minimum absolute atomic E-state index is 0.125. The van der Waals surface area contributed by atoms with Gasteiger partial charge in [0, 0.05) is 55.7 Å². The lowest BCUT2D eigenvalue weighted by Gasteiger charge is -2.23. The van der Waals surface area contributed by atoms with Gasteiger partial charge >= 0.3 is 0 Å². The van der Waals surface area contributed by atoms with Crippen LogP contribution >= 0.6 is 0 Å². The number of carbonyl (C=O) groups is 2. The highest BCUT2D eigenvalue weighted by molar-refractivity contribution is 6.06. The van der Waals surface area contributed by atoms with Crippen LogP contribution in [0, 0.1) is 0 Å². The van der Waals surface area contributed by atoms with Crippen molar-refractivity contribution in [2.24, 2.45) is 0 Å². The van der Waals surface area contributed by atoms with Crippen LogP contribution in [0.4, 0.5) is 17.6 Å². The van der Waals surface area contributed by atoms with Gasteiger partial charge in [-0.1, -0.05) is 19.9 Å². The summed E-state index contributed by atoms with van der Waals surface area (Å²) in [6.07, 6.45) is 7.00. The molecule has 5 rings (SSSR count). The van der Waals surface area contributed by atoms with E-state index in [1.165, 1.54) is 0 Å². The number of carbonyl (C=O) groups excluding carboxylic acids is 2. The molecule has 2 saturated heterocycles. The molecule has 0 saturated carbocycles. The van der Waals surface area contributed by atoms with Crippen molar-refractivity contribution in [1.29, 1.82) is 0 Å². The highest BCUT2D eigenvalue weighted by Crippen LogP contribution is 2.24. The van der Waals surface area contributed by atoms with Gasteiger partial charge in [-0.15, -0.1) is 0 Å². The Balaban J connectivity index is 1.43. The number of amides is 1. The van der Waals surface area contributed by atoms with E-state index in [4.69, 9.17) is 19.4 Å². The van der Waals surface area contributed by atoms with Crippen molar-refractivity contribution < 1.29 is 19.1 Å². The average molecular weight is 606 g/mol. The minimum atomic E-state index is -0.438. The summed E-state index contributed by atoms with van der Waals surface area (Å²) in [4.78, 5) is 37.8. The van der Waals surface area contributed by atoms with Gasteiger partial charge < -0.3 is 35.6 Å².